The van der Waals surface area contributed by atoms with Crippen LogP contribution in [0.15, 0.2) is 65.6 Å². The zero-order valence-corrected chi connectivity index (χ0v) is 14.9. The van der Waals surface area contributed by atoms with Gasteiger partial charge in [0.2, 0.25) is 15.9 Å². The van der Waals surface area contributed by atoms with Crippen LogP contribution in [0.25, 0.3) is 10.8 Å². The largest absolute Gasteiger partial charge is 0.495 e. The number of anilines is 1. The van der Waals surface area contributed by atoms with Crippen molar-refractivity contribution in [2.45, 2.75) is 11.3 Å². The lowest BCUT2D eigenvalue weighted by atomic mass is 10.0. The van der Waals surface area contributed by atoms with E-state index in [-0.39, 0.29) is 23.0 Å². The van der Waals surface area contributed by atoms with Gasteiger partial charge in [0, 0.05) is 5.69 Å². The average molecular weight is 370 g/mol. The lowest BCUT2D eigenvalue weighted by molar-refractivity contribution is -0.115. The summed E-state index contributed by atoms with van der Waals surface area (Å²) in [5, 5.41) is 10.0. The number of amides is 1. The van der Waals surface area contributed by atoms with E-state index >= 15 is 0 Å². The Balaban J connectivity index is 1.79. The Hall–Kier alpha value is -2.90. The van der Waals surface area contributed by atoms with Crippen LogP contribution in [-0.2, 0) is 21.2 Å². The van der Waals surface area contributed by atoms with E-state index in [2.05, 4.69) is 5.32 Å². The van der Waals surface area contributed by atoms with Gasteiger partial charge in [0.15, 0.2) is 0 Å². The maximum atomic E-state index is 12.3. The number of nitrogens with two attached hydrogens (primary N) is 1. The highest BCUT2D eigenvalue weighted by Crippen LogP contribution is 2.26. The standard InChI is InChI=1S/C19H18N2O4S/c1-25-17-9-8-16(12-18(17)26(20,23)24)21-19(22)11-13-6-7-14-4-2-3-5-15(14)10-13/h2-10,12H,11H2,1H3,(H,21,22)(H2,20,23,24). The van der Waals surface area contributed by atoms with Crippen molar-refractivity contribution in [2.24, 2.45) is 5.14 Å². The average Bonchev–Trinajstić information content (AvgIpc) is 2.60. The predicted octanol–water partition coefficient (Wildman–Crippen LogP) is 2.68. The SMILES string of the molecule is COc1ccc(NC(=O)Cc2ccc3ccccc3c2)cc1S(N)(=O)=O. The van der Waals surface area contributed by atoms with Crippen molar-refractivity contribution in [3.05, 3.63) is 66.2 Å². The molecule has 0 aliphatic rings. The van der Waals surface area contributed by atoms with Crippen molar-refractivity contribution < 1.29 is 17.9 Å². The maximum absolute atomic E-state index is 12.3. The van der Waals surface area contributed by atoms with Crippen LogP contribution < -0.4 is 15.2 Å². The molecule has 0 atom stereocenters. The topological polar surface area (TPSA) is 98.5 Å². The van der Waals surface area contributed by atoms with E-state index < -0.39 is 10.0 Å². The second-order valence-electron chi connectivity index (χ2n) is 5.82. The molecule has 0 heterocycles. The number of methoxy groups -OCH3 is 1. The molecule has 0 saturated heterocycles. The summed E-state index contributed by atoms with van der Waals surface area (Å²) in [6.45, 7) is 0. The Labute approximate surface area is 151 Å². The highest BCUT2D eigenvalue weighted by atomic mass is 32.2. The number of carbonyl (C=O) groups excluding carboxylic acids is 1. The first-order valence-corrected chi connectivity index (χ1v) is 9.40. The van der Waals surface area contributed by atoms with Crippen LogP contribution in [0.2, 0.25) is 0 Å². The van der Waals surface area contributed by atoms with Crippen LogP contribution in [0.5, 0.6) is 5.75 Å². The maximum Gasteiger partial charge on any atom is 0.241 e. The fourth-order valence-electron chi connectivity index (χ4n) is 2.72. The second-order valence-corrected chi connectivity index (χ2v) is 7.35. The summed E-state index contributed by atoms with van der Waals surface area (Å²) >= 11 is 0. The molecule has 0 unspecified atom stereocenters. The molecule has 0 bridgehead atoms. The summed E-state index contributed by atoms with van der Waals surface area (Å²) < 4.78 is 28.3. The van der Waals surface area contributed by atoms with Crippen molar-refractivity contribution in [1.29, 1.82) is 0 Å². The van der Waals surface area contributed by atoms with Crippen molar-refractivity contribution in [2.75, 3.05) is 12.4 Å². The minimum absolute atomic E-state index is 0.125. The lowest BCUT2D eigenvalue weighted by Crippen LogP contribution is -2.17. The molecule has 134 valence electrons. The van der Waals surface area contributed by atoms with Gasteiger partial charge in [-0.25, -0.2) is 13.6 Å². The zero-order valence-electron chi connectivity index (χ0n) is 14.1. The first kappa shape index (κ1) is 17.9. The summed E-state index contributed by atoms with van der Waals surface area (Å²) in [5.41, 5.74) is 1.20. The van der Waals surface area contributed by atoms with Gasteiger partial charge in [-0.15, -0.1) is 0 Å². The molecule has 26 heavy (non-hydrogen) atoms. The van der Waals surface area contributed by atoms with Gasteiger partial charge in [-0.05, 0) is 34.5 Å². The highest BCUT2D eigenvalue weighted by molar-refractivity contribution is 7.89. The Kier molecular flexibility index (Phi) is 4.92. The predicted molar refractivity (Wildman–Crippen MR) is 101 cm³/mol. The molecule has 0 fully saturated rings. The number of sulfonamides is 1. The normalized spacial score (nSPS) is 11.3. The molecule has 0 aromatic heterocycles. The van der Waals surface area contributed by atoms with Gasteiger partial charge in [0.1, 0.15) is 10.6 Å². The van der Waals surface area contributed by atoms with E-state index in [0.717, 1.165) is 16.3 Å². The molecule has 3 rings (SSSR count). The summed E-state index contributed by atoms with van der Waals surface area (Å²) in [6.07, 6.45) is 0.168. The number of hydrogen-bond donors (Lipinski definition) is 2. The van der Waals surface area contributed by atoms with Gasteiger partial charge in [0.25, 0.3) is 0 Å². The number of carbonyl (C=O) groups is 1. The van der Waals surface area contributed by atoms with Crippen LogP contribution in [-0.4, -0.2) is 21.4 Å². The van der Waals surface area contributed by atoms with E-state index in [1.807, 2.05) is 42.5 Å². The molecular formula is C19H18N2O4S. The van der Waals surface area contributed by atoms with E-state index in [9.17, 15) is 13.2 Å². The van der Waals surface area contributed by atoms with Gasteiger partial charge in [0.05, 0.1) is 13.5 Å². The Morgan fingerprint density at radius 3 is 2.46 bits per heavy atom. The molecule has 7 heteroatoms. The van der Waals surface area contributed by atoms with E-state index in [1.165, 1.54) is 19.2 Å². The van der Waals surface area contributed by atoms with Crippen molar-refractivity contribution in [3.8, 4) is 5.75 Å². The van der Waals surface area contributed by atoms with Crippen LogP contribution >= 0.6 is 0 Å². The molecule has 0 radical (unpaired) electrons. The molecule has 3 N–H and O–H groups in total. The molecule has 0 saturated carbocycles. The number of hydrogen-bond acceptors (Lipinski definition) is 4. The number of ether oxygens (including phenoxy) is 1. The molecule has 0 aliphatic carbocycles. The molecule has 3 aromatic rings. The highest BCUT2D eigenvalue weighted by Gasteiger charge is 2.16. The first-order valence-electron chi connectivity index (χ1n) is 7.85. The molecule has 1 amide bonds. The monoisotopic (exact) mass is 370 g/mol. The summed E-state index contributed by atoms with van der Waals surface area (Å²) in [4.78, 5) is 12.1. The third-order valence-electron chi connectivity index (χ3n) is 3.93. The summed E-state index contributed by atoms with van der Waals surface area (Å²) in [6, 6.07) is 18.0. The van der Waals surface area contributed by atoms with Crippen LogP contribution in [0.1, 0.15) is 5.56 Å². The molecule has 0 spiro atoms. The second kappa shape index (κ2) is 7.15. The van der Waals surface area contributed by atoms with Crippen LogP contribution in [0, 0.1) is 0 Å². The summed E-state index contributed by atoms with van der Waals surface area (Å²) in [5.74, 6) is -0.133. The third-order valence-corrected chi connectivity index (χ3v) is 4.86. The van der Waals surface area contributed by atoms with Crippen molar-refractivity contribution >= 4 is 32.4 Å². The lowest BCUT2D eigenvalue weighted by Gasteiger charge is -2.10. The number of fused-ring (bicyclic) bond motifs is 1. The smallest absolute Gasteiger partial charge is 0.241 e. The Morgan fingerprint density at radius 2 is 1.77 bits per heavy atom. The van der Waals surface area contributed by atoms with Crippen molar-refractivity contribution in [3.63, 3.8) is 0 Å². The number of primary sulfonamides is 1. The fraction of sp³-hybridized carbons (Fsp3) is 0.105. The van der Waals surface area contributed by atoms with Crippen molar-refractivity contribution in [1.82, 2.24) is 0 Å². The van der Waals surface area contributed by atoms with Gasteiger partial charge in [-0.2, -0.15) is 0 Å². The molecule has 3 aromatic carbocycles. The molecular weight excluding hydrogens is 352 g/mol. The van der Waals surface area contributed by atoms with Gasteiger partial charge in [-0.3, -0.25) is 4.79 Å². The van der Waals surface area contributed by atoms with E-state index in [1.54, 1.807) is 6.07 Å². The van der Waals surface area contributed by atoms with Crippen LogP contribution in [0.3, 0.4) is 0 Å². The number of benzene rings is 3. The minimum atomic E-state index is -3.96. The third kappa shape index (κ3) is 4.01. The van der Waals surface area contributed by atoms with Gasteiger partial charge >= 0.3 is 0 Å². The van der Waals surface area contributed by atoms with E-state index in [4.69, 9.17) is 9.88 Å². The van der Waals surface area contributed by atoms with Gasteiger partial charge < -0.3 is 10.1 Å². The summed E-state index contributed by atoms with van der Waals surface area (Å²) in [7, 11) is -2.61. The van der Waals surface area contributed by atoms with Gasteiger partial charge in [-0.1, -0.05) is 42.5 Å². The number of nitrogens with one attached hydrogen (secondary N) is 1. The Bertz CT molecular complexity index is 1080. The Morgan fingerprint density at radius 1 is 1.04 bits per heavy atom. The number of rotatable bonds is 5. The molecule has 6 nitrogen and oxygen atoms in total. The molecule has 0 aliphatic heterocycles. The minimum Gasteiger partial charge on any atom is -0.495 e. The fourth-order valence-corrected chi connectivity index (χ4v) is 3.44. The first-order chi connectivity index (χ1) is 12.4. The quantitative estimate of drug-likeness (QED) is 0.721. The van der Waals surface area contributed by atoms with E-state index in [0.29, 0.717) is 5.69 Å². The zero-order chi connectivity index (χ0) is 18.7. The van der Waals surface area contributed by atoms with Crippen LogP contribution in [0.4, 0.5) is 5.69 Å².